The van der Waals surface area contributed by atoms with Crippen LogP contribution in [-0.2, 0) is 4.74 Å². The van der Waals surface area contributed by atoms with Crippen LogP contribution in [0.15, 0.2) is 22.7 Å². The molecule has 0 spiro atoms. The highest BCUT2D eigenvalue weighted by molar-refractivity contribution is 9.10. The van der Waals surface area contributed by atoms with Gasteiger partial charge in [0.2, 0.25) is 0 Å². The number of hydrogen-bond acceptors (Lipinski definition) is 4. The number of halogens is 1. The molecule has 1 aliphatic heterocycles. The van der Waals surface area contributed by atoms with Crippen LogP contribution in [0.25, 0.3) is 0 Å². The van der Waals surface area contributed by atoms with E-state index in [1.54, 1.807) is 30.2 Å². The number of ether oxygens (including phenoxy) is 2. The zero-order chi connectivity index (χ0) is 14.7. The van der Waals surface area contributed by atoms with E-state index in [1.807, 2.05) is 6.92 Å². The normalized spacial score (nSPS) is 22.7. The first kappa shape index (κ1) is 15.3. The van der Waals surface area contributed by atoms with E-state index in [9.17, 15) is 9.90 Å². The number of methoxy groups -OCH3 is 1. The van der Waals surface area contributed by atoms with Crippen molar-refractivity contribution in [3.8, 4) is 5.75 Å². The smallest absolute Gasteiger partial charge is 0.255 e. The molecule has 2 rings (SSSR count). The Kier molecular flexibility index (Phi) is 5.01. The van der Waals surface area contributed by atoms with Crippen molar-refractivity contribution >= 4 is 21.8 Å². The predicted molar refractivity (Wildman–Crippen MR) is 78.0 cm³/mol. The Bertz CT molecular complexity index is 494. The number of aliphatic hydroxyl groups excluding tert-OH is 1. The summed E-state index contributed by atoms with van der Waals surface area (Å²) in [6.45, 7) is 2.66. The van der Waals surface area contributed by atoms with Crippen LogP contribution in [-0.4, -0.2) is 54.9 Å². The first-order valence-corrected chi connectivity index (χ1v) is 7.23. The molecule has 1 aromatic rings. The average molecular weight is 344 g/mol. The zero-order valence-electron chi connectivity index (χ0n) is 11.5. The lowest BCUT2D eigenvalue weighted by Gasteiger charge is -2.37. The molecule has 1 aliphatic rings. The molecule has 0 aromatic heterocycles. The molecule has 1 amide bonds. The zero-order valence-corrected chi connectivity index (χ0v) is 13.1. The Labute approximate surface area is 126 Å². The third kappa shape index (κ3) is 3.13. The van der Waals surface area contributed by atoms with Crippen molar-refractivity contribution in [3.05, 3.63) is 28.2 Å². The number of rotatable bonds is 3. The van der Waals surface area contributed by atoms with E-state index in [1.165, 1.54) is 0 Å². The molecule has 0 aliphatic carbocycles. The van der Waals surface area contributed by atoms with Crippen molar-refractivity contribution in [1.29, 1.82) is 0 Å². The number of carbonyl (C=O) groups excluding carboxylic acids is 1. The van der Waals surface area contributed by atoms with Crippen molar-refractivity contribution < 1.29 is 19.4 Å². The third-order valence-electron chi connectivity index (χ3n) is 3.37. The van der Waals surface area contributed by atoms with Gasteiger partial charge < -0.3 is 19.5 Å². The molecule has 1 aromatic carbocycles. The second kappa shape index (κ2) is 6.56. The molecule has 110 valence electrons. The largest absolute Gasteiger partial charge is 0.497 e. The van der Waals surface area contributed by atoms with Crippen molar-refractivity contribution in [2.24, 2.45) is 0 Å². The van der Waals surface area contributed by atoms with Crippen molar-refractivity contribution in [1.82, 2.24) is 4.90 Å². The monoisotopic (exact) mass is 343 g/mol. The molecule has 1 N–H and O–H groups in total. The predicted octanol–water partition coefficient (Wildman–Crippen LogP) is 1.68. The van der Waals surface area contributed by atoms with Crippen LogP contribution in [0, 0.1) is 0 Å². The van der Waals surface area contributed by atoms with Gasteiger partial charge in [0.05, 0.1) is 38.0 Å². The first-order valence-electron chi connectivity index (χ1n) is 6.43. The van der Waals surface area contributed by atoms with E-state index in [2.05, 4.69) is 15.9 Å². The van der Waals surface area contributed by atoms with Crippen LogP contribution in [0.2, 0.25) is 0 Å². The van der Waals surface area contributed by atoms with Crippen LogP contribution in [0.3, 0.4) is 0 Å². The lowest BCUT2D eigenvalue weighted by Crippen LogP contribution is -2.52. The summed E-state index contributed by atoms with van der Waals surface area (Å²) < 4.78 is 11.3. The highest BCUT2D eigenvalue weighted by Gasteiger charge is 2.30. The van der Waals surface area contributed by atoms with Gasteiger partial charge in [-0.05, 0) is 41.1 Å². The van der Waals surface area contributed by atoms with Gasteiger partial charge in [-0.3, -0.25) is 4.79 Å². The Morgan fingerprint density at radius 2 is 2.35 bits per heavy atom. The standard InChI is InChI=1S/C14H18BrNO4/c1-9-8-20-11(7-17)6-16(9)14(18)12-5-10(19-2)3-4-13(12)15/h3-5,9,11,17H,6-8H2,1-2H3. The van der Waals surface area contributed by atoms with Gasteiger partial charge in [0.1, 0.15) is 5.75 Å². The van der Waals surface area contributed by atoms with E-state index in [4.69, 9.17) is 9.47 Å². The van der Waals surface area contributed by atoms with E-state index < -0.39 is 0 Å². The van der Waals surface area contributed by atoms with Crippen molar-refractivity contribution in [2.75, 3.05) is 26.9 Å². The van der Waals surface area contributed by atoms with Crippen LogP contribution in [0.1, 0.15) is 17.3 Å². The fourth-order valence-corrected chi connectivity index (χ4v) is 2.58. The quantitative estimate of drug-likeness (QED) is 0.907. The molecular formula is C14H18BrNO4. The highest BCUT2D eigenvalue weighted by Crippen LogP contribution is 2.25. The van der Waals surface area contributed by atoms with E-state index in [-0.39, 0.29) is 24.7 Å². The van der Waals surface area contributed by atoms with Crippen LogP contribution in [0.4, 0.5) is 0 Å². The average Bonchev–Trinajstić information content (AvgIpc) is 2.47. The first-order chi connectivity index (χ1) is 9.56. The minimum Gasteiger partial charge on any atom is -0.497 e. The van der Waals surface area contributed by atoms with Crippen LogP contribution < -0.4 is 4.74 Å². The summed E-state index contributed by atoms with van der Waals surface area (Å²) >= 11 is 3.40. The number of benzene rings is 1. The number of nitrogens with zero attached hydrogens (tertiary/aromatic N) is 1. The van der Waals surface area contributed by atoms with E-state index >= 15 is 0 Å². The number of amides is 1. The fourth-order valence-electron chi connectivity index (χ4n) is 2.16. The minimum absolute atomic E-state index is 0.0246. The summed E-state index contributed by atoms with van der Waals surface area (Å²) in [4.78, 5) is 14.4. The minimum atomic E-state index is -0.320. The Balaban J connectivity index is 2.25. The number of aliphatic hydroxyl groups is 1. The van der Waals surface area contributed by atoms with E-state index in [0.717, 1.165) is 4.47 Å². The summed E-state index contributed by atoms with van der Waals surface area (Å²) in [5, 5.41) is 9.19. The SMILES string of the molecule is COc1ccc(Br)c(C(=O)N2CC(CO)OCC2C)c1. The van der Waals surface area contributed by atoms with Crippen LogP contribution in [0.5, 0.6) is 5.75 Å². The molecule has 0 radical (unpaired) electrons. The molecule has 1 heterocycles. The topological polar surface area (TPSA) is 59.0 Å². The van der Waals surface area contributed by atoms with Gasteiger partial charge in [-0.25, -0.2) is 0 Å². The molecule has 2 unspecified atom stereocenters. The molecule has 5 nitrogen and oxygen atoms in total. The maximum absolute atomic E-state index is 12.7. The van der Waals surface area contributed by atoms with E-state index in [0.29, 0.717) is 24.5 Å². The summed E-state index contributed by atoms with van der Waals surface area (Å²) in [5.74, 6) is 0.543. The molecule has 2 atom stereocenters. The van der Waals surface area contributed by atoms with Crippen molar-refractivity contribution in [3.63, 3.8) is 0 Å². The van der Waals surface area contributed by atoms with Gasteiger partial charge >= 0.3 is 0 Å². The summed E-state index contributed by atoms with van der Waals surface area (Å²) in [6, 6.07) is 5.27. The summed E-state index contributed by atoms with van der Waals surface area (Å²) in [7, 11) is 1.57. The lowest BCUT2D eigenvalue weighted by atomic mass is 10.1. The molecule has 0 bridgehead atoms. The van der Waals surface area contributed by atoms with Gasteiger partial charge in [0, 0.05) is 11.0 Å². The Hall–Kier alpha value is -1.11. The Morgan fingerprint density at radius 1 is 1.60 bits per heavy atom. The summed E-state index contributed by atoms with van der Waals surface area (Å²) in [6.07, 6.45) is -0.320. The van der Waals surface area contributed by atoms with Crippen molar-refractivity contribution in [2.45, 2.75) is 19.1 Å². The molecule has 1 saturated heterocycles. The van der Waals surface area contributed by atoms with Gasteiger partial charge in [-0.1, -0.05) is 0 Å². The summed E-state index contributed by atoms with van der Waals surface area (Å²) in [5.41, 5.74) is 0.551. The second-order valence-corrected chi connectivity index (χ2v) is 5.64. The number of morpholine rings is 1. The second-order valence-electron chi connectivity index (χ2n) is 4.79. The molecule has 20 heavy (non-hydrogen) atoms. The van der Waals surface area contributed by atoms with Gasteiger partial charge in [-0.15, -0.1) is 0 Å². The maximum atomic E-state index is 12.7. The molecular weight excluding hydrogens is 326 g/mol. The molecule has 6 heteroatoms. The van der Waals surface area contributed by atoms with Gasteiger partial charge in [-0.2, -0.15) is 0 Å². The lowest BCUT2D eigenvalue weighted by molar-refractivity contribution is -0.0667. The van der Waals surface area contributed by atoms with Gasteiger partial charge in [0.25, 0.3) is 5.91 Å². The molecule has 1 fully saturated rings. The van der Waals surface area contributed by atoms with Gasteiger partial charge in [0.15, 0.2) is 0 Å². The third-order valence-corrected chi connectivity index (χ3v) is 4.07. The maximum Gasteiger partial charge on any atom is 0.255 e. The molecule has 0 saturated carbocycles. The number of carbonyl (C=O) groups is 1. The fraction of sp³-hybridized carbons (Fsp3) is 0.500. The van der Waals surface area contributed by atoms with Crippen LogP contribution >= 0.6 is 15.9 Å². The number of hydrogen-bond donors (Lipinski definition) is 1. The highest BCUT2D eigenvalue weighted by atomic mass is 79.9. The Morgan fingerprint density at radius 3 is 3.00 bits per heavy atom.